The molecule has 1 aromatic carbocycles. The molecule has 0 unspecified atom stereocenters. The molecule has 3 aromatic rings. The fourth-order valence-corrected chi connectivity index (χ4v) is 3.44. The maximum absolute atomic E-state index is 12.7. The van der Waals surface area contributed by atoms with Gasteiger partial charge in [-0.1, -0.05) is 31.5 Å². The highest BCUT2D eigenvalue weighted by Crippen LogP contribution is 2.22. The van der Waals surface area contributed by atoms with E-state index in [-0.39, 0.29) is 23.2 Å². The summed E-state index contributed by atoms with van der Waals surface area (Å²) < 4.78 is 33.3. The molecule has 27 heavy (non-hydrogen) atoms. The average Bonchev–Trinajstić information content (AvgIpc) is 2.69. The van der Waals surface area contributed by atoms with Crippen LogP contribution >= 0.6 is 0 Å². The molecule has 0 saturated heterocycles. The Morgan fingerprint density at radius 3 is 2.44 bits per heavy atom. The van der Waals surface area contributed by atoms with Crippen molar-refractivity contribution in [3.05, 3.63) is 72.3 Å². The molecule has 0 aliphatic heterocycles. The molecule has 0 atom stereocenters. The molecule has 8 heteroatoms. The number of pyridine rings is 1. The number of sulfonamides is 1. The van der Waals surface area contributed by atoms with Gasteiger partial charge in [0.2, 0.25) is 5.82 Å². The van der Waals surface area contributed by atoms with Gasteiger partial charge in [0, 0.05) is 18.6 Å². The molecule has 140 valence electrons. The molecule has 0 radical (unpaired) electrons. The van der Waals surface area contributed by atoms with Crippen molar-refractivity contribution < 1.29 is 13.2 Å². The van der Waals surface area contributed by atoms with E-state index in [1.165, 1.54) is 12.4 Å². The van der Waals surface area contributed by atoms with Crippen LogP contribution in [0, 0.1) is 0 Å². The van der Waals surface area contributed by atoms with Crippen LogP contribution in [0.2, 0.25) is 0 Å². The highest BCUT2D eigenvalue weighted by Gasteiger charge is 2.18. The smallest absolute Gasteiger partial charge is 0.263 e. The van der Waals surface area contributed by atoms with Crippen molar-refractivity contribution in [3.63, 3.8) is 0 Å². The molecule has 0 aliphatic carbocycles. The van der Waals surface area contributed by atoms with Gasteiger partial charge in [-0.05, 0) is 36.2 Å². The number of nitrogens with one attached hydrogen (secondary N) is 1. The summed E-state index contributed by atoms with van der Waals surface area (Å²) in [7, 11) is -3.80. The SMILES string of the molecule is CCCc1ccc(S(=O)(=O)Nc2nccnc2OCc2ccccn2)cc1. The molecule has 3 rings (SSSR count). The van der Waals surface area contributed by atoms with Crippen molar-refractivity contribution in [1.29, 1.82) is 0 Å². The van der Waals surface area contributed by atoms with Crippen LogP contribution in [-0.4, -0.2) is 23.4 Å². The maximum Gasteiger partial charge on any atom is 0.263 e. The van der Waals surface area contributed by atoms with E-state index in [1.54, 1.807) is 30.5 Å². The van der Waals surface area contributed by atoms with E-state index in [1.807, 2.05) is 18.2 Å². The number of hydrogen-bond acceptors (Lipinski definition) is 6. The summed E-state index contributed by atoms with van der Waals surface area (Å²) in [5, 5.41) is 0. The first-order valence-corrected chi connectivity index (χ1v) is 10.0. The van der Waals surface area contributed by atoms with E-state index >= 15 is 0 Å². The summed E-state index contributed by atoms with van der Waals surface area (Å²) in [5.41, 5.74) is 1.79. The van der Waals surface area contributed by atoms with E-state index < -0.39 is 10.0 Å². The van der Waals surface area contributed by atoms with Gasteiger partial charge in [-0.25, -0.2) is 18.4 Å². The molecule has 1 N–H and O–H groups in total. The molecule has 7 nitrogen and oxygen atoms in total. The zero-order valence-electron chi connectivity index (χ0n) is 14.9. The Hall–Kier alpha value is -3.00. The topological polar surface area (TPSA) is 94.1 Å². The van der Waals surface area contributed by atoms with Crippen LogP contribution in [0.25, 0.3) is 0 Å². The van der Waals surface area contributed by atoms with Crippen molar-refractivity contribution in [3.8, 4) is 5.88 Å². The van der Waals surface area contributed by atoms with Crippen molar-refractivity contribution in [1.82, 2.24) is 15.0 Å². The first kappa shape index (κ1) is 18.8. The van der Waals surface area contributed by atoms with Crippen LogP contribution in [0.15, 0.2) is 66.0 Å². The number of anilines is 1. The Kier molecular flexibility index (Phi) is 5.97. The number of ether oxygens (including phenoxy) is 1. The molecule has 0 bridgehead atoms. The molecule has 2 heterocycles. The number of aryl methyl sites for hydroxylation is 1. The second-order valence-electron chi connectivity index (χ2n) is 5.82. The molecular weight excluding hydrogens is 364 g/mol. The van der Waals surface area contributed by atoms with Crippen molar-refractivity contribution in [2.24, 2.45) is 0 Å². The third kappa shape index (κ3) is 5.01. The number of aromatic nitrogens is 3. The van der Waals surface area contributed by atoms with Crippen molar-refractivity contribution in [2.75, 3.05) is 4.72 Å². The molecule has 0 amide bonds. The van der Waals surface area contributed by atoms with Crippen LogP contribution in [0.3, 0.4) is 0 Å². The Bertz CT molecular complexity index is 977. The number of benzene rings is 1. The van der Waals surface area contributed by atoms with Gasteiger partial charge >= 0.3 is 0 Å². The monoisotopic (exact) mass is 384 g/mol. The van der Waals surface area contributed by atoms with Crippen LogP contribution in [0.5, 0.6) is 5.88 Å². The zero-order chi connectivity index (χ0) is 19.1. The van der Waals surface area contributed by atoms with Gasteiger partial charge in [0.25, 0.3) is 15.9 Å². The normalized spacial score (nSPS) is 11.1. The minimum Gasteiger partial charge on any atom is -0.469 e. The van der Waals surface area contributed by atoms with Gasteiger partial charge in [0.15, 0.2) is 0 Å². The number of rotatable bonds is 8. The molecule has 0 aliphatic rings. The van der Waals surface area contributed by atoms with Gasteiger partial charge in [0.1, 0.15) is 6.61 Å². The summed E-state index contributed by atoms with van der Waals surface area (Å²) in [5.74, 6) is 0.125. The molecule has 0 fully saturated rings. The number of hydrogen-bond donors (Lipinski definition) is 1. The molecule has 2 aromatic heterocycles. The minimum absolute atomic E-state index is 0.0334. The number of nitrogens with zero attached hydrogens (tertiary/aromatic N) is 3. The standard InChI is InChI=1S/C19H20N4O3S/c1-2-5-15-7-9-17(10-8-15)27(24,25)23-18-19(22-13-12-21-18)26-14-16-6-3-4-11-20-16/h3-4,6-13H,2,5,14H2,1H3,(H,21,23). The lowest BCUT2D eigenvalue weighted by Gasteiger charge is -2.11. The van der Waals surface area contributed by atoms with Gasteiger partial charge in [-0.3, -0.25) is 9.71 Å². The van der Waals surface area contributed by atoms with E-state index in [2.05, 4.69) is 26.6 Å². The fraction of sp³-hybridized carbons (Fsp3) is 0.211. The van der Waals surface area contributed by atoms with Crippen LogP contribution < -0.4 is 9.46 Å². The van der Waals surface area contributed by atoms with Gasteiger partial charge in [0.05, 0.1) is 10.6 Å². The molecule has 0 saturated carbocycles. The Morgan fingerprint density at radius 2 is 1.74 bits per heavy atom. The lowest BCUT2D eigenvalue weighted by molar-refractivity contribution is 0.290. The summed E-state index contributed by atoms with van der Waals surface area (Å²) in [6.45, 7) is 2.23. The molecular formula is C19H20N4O3S. The summed E-state index contributed by atoms with van der Waals surface area (Å²) in [6.07, 6.45) is 6.40. The maximum atomic E-state index is 12.7. The van der Waals surface area contributed by atoms with Crippen LogP contribution in [0.4, 0.5) is 5.82 Å². The first-order valence-electron chi connectivity index (χ1n) is 8.54. The Labute approximate surface area is 158 Å². The second-order valence-corrected chi connectivity index (χ2v) is 7.50. The van der Waals surface area contributed by atoms with E-state index in [0.717, 1.165) is 18.4 Å². The quantitative estimate of drug-likeness (QED) is 0.641. The third-order valence-corrected chi connectivity index (χ3v) is 5.11. The lowest BCUT2D eigenvalue weighted by atomic mass is 10.1. The highest BCUT2D eigenvalue weighted by molar-refractivity contribution is 7.92. The summed E-state index contributed by atoms with van der Waals surface area (Å²) in [4.78, 5) is 12.4. The average molecular weight is 384 g/mol. The second kappa shape index (κ2) is 8.59. The largest absolute Gasteiger partial charge is 0.469 e. The fourth-order valence-electron chi connectivity index (χ4n) is 2.44. The van der Waals surface area contributed by atoms with Gasteiger partial charge < -0.3 is 4.74 Å². The van der Waals surface area contributed by atoms with Crippen LogP contribution in [-0.2, 0) is 23.1 Å². The first-order chi connectivity index (χ1) is 13.1. The predicted molar refractivity (Wildman–Crippen MR) is 102 cm³/mol. The van der Waals surface area contributed by atoms with Gasteiger partial charge in [-0.15, -0.1) is 0 Å². The van der Waals surface area contributed by atoms with E-state index in [0.29, 0.717) is 5.69 Å². The minimum atomic E-state index is -3.80. The van der Waals surface area contributed by atoms with Gasteiger partial charge in [-0.2, -0.15) is 0 Å². The highest BCUT2D eigenvalue weighted by atomic mass is 32.2. The van der Waals surface area contributed by atoms with Crippen molar-refractivity contribution >= 4 is 15.8 Å². The third-order valence-electron chi connectivity index (χ3n) is 3.75. The zero-order valence-corrected chi connectivity index (χ0v) is 15.7. The van der Waals surface area contributed by atoms with E-state index in [4.69, 9.17) is 4.74 Å². The molecule has 0 spiro atoms. The van der Waals surface area contributed by atoms with Crippen LogP contribution in [0.1, 0.15) is 24.6 Å². The van der Waals surface area contributed by atoms with Crippen molar-refractivity contribution in [2.45, 2.75) is 31.3 Å². The summed E-state index contributed by atoms with van der Waals surface area (Å²) >= 11 is 0. The van der Waals surface area contributed by atoms with E-state index in [9.17, 15) is 8.42 Å². The Balaban J connectivity index is 1.76. The lowest BCUT2D eigenvalue weighted by Crippen LogP contribution is -2.15. The summed E-state index contributed by atoms with van der Waals surface area (Å²) in [6, 6.07) is 12.2. The predicted octanol–water partition coefficient (Wildman–Crippen LogP) is 3.20. The Morgan fingerprint density at radius 1 is 0.963 bits per heavy atom.